The van der Waals surface area contributed by atoms with Crippen LogP contribution in [-0.4, -0.2) is 57.4 Å². The minimum atomic E-state index is -0.332. The molecule has 178 valence electrons. The molecule has 1 aromatic heterocycles. The number of amides is 2. The quantitative estimate of drug-likeness (QED) is 0.513. The van der Waals surface area contributed by atoms with E-state index in [4.69, 9.17) is 4.74 Å². The zero-order chi connectivity index (χ0) is 23.9. The molecule has 2 aromatic carbocycles. The summed E-state index contributed by atoms with van der Waals surface area (Å²) in [7, 11) is 1.79. The van der Waals surface area contributed by atoms with Crippen molar-refractivity contribution in [1.29, 1.82) is 0 Å². The number of nitrogens with zero attached hydrogens (tertiary/aromatic N) is 4. The number of ether oxygens (including phenoxy) is 1. The van der Waals surface area contributed by atoms with Gasteiger partial charge >= 0.3 is 0 Å². The lowest BCUT2D eigenvalue weighted by Crippen LogP contribution is -2.50. The molecule has 0 unspecified atom stereocenters. The van der Waals surface area contributed by atoms with Crippen LogP contribution in [0.15, 0.2) is 73.3 Å². The summed E-state index contributed by atoms with van der Waals surface area (Å²) in [5.41, 5.74) is 1.05. The van der Waals surface area contributed by atoms with Crippen LogP contribution in [0.3, 0.4) is 0 Å². The van der Waals surface area contributed by atoms with Gasteiger partial charge in [0.25, 0.3) is 0 Å². The largest absolute Gasteiger partial charge is 0.490 e. The van der Waals surface area contributed by atoms with E-state index in [1.807, 2.05) is 30.3 Å². The van der Waals surface area contributed by atoms with Gasteiger partial charge in [0.1, 0.15) is 24.2 Å². The Balaban J connectivity index is 1.44. The highest BCUT2D eigenvalue weighted by Crippen LogP contribution is 2.27. The molecular weight excluding hydrogens is 435 g/mol. The molecule has 7 nitrogen and oxygen atoms in total. The number of halogens is 1. The van der Waals surface area contributed by atoms with E-state index in [9.17, 15) is 14.0 Å². The second-order valence-corrected chi connectivity index (χ2v) is 8.67. The monoisotopic (exact) mass is 464 g/mol. The van der Waals surface area contributed by atoms with Crippen LogP contribution in [0.25, 0.3) is 0 Å². The molecule has 4 rings (SSSR count). The predicted molar refractivity (Wildman–Crippen MR) is 125 cm³/mol. The van der Waals surface area contributed by atoms with Crippen molar-refractivity contribution >= 4 is 11.8 Å². The van der Waals surface area contributed by atoms with Gasteiger partial charge in [-0.05, 0) is 29.8 Å². The van der Waals surface area contributed by atoms with Gasteiger partial charge in [0, 0.05) is 57.8 Å². The van der Waals surface area contributed by atoms with Gasteiger partial charge in [0.2, 0.25) is 11.8 Å². The number of benzene rings is 2. The number of piperidine rings is 1. The summed E-state index contributed by atoms with van der Waals surface area (Å²) in [5, 5.41) is 0. The number of hydrogen-bond acceptors (Lipinski definition) is 4. The van der Waals surface area contributed by atoms with E-state index >= 15 is 0 Å². The maximum absolute atomic E-state index is 13.3. The third-order valence-electron chi connectivity index (χ3n) is 6.12. The summed E-state index contributed by atoms with van der Waals surface area (Å²) >= 11 is 0. The number of imidazole rings is 1. The van der Waals surface area contributed by atoms with Crippen LogP contribution in [-0.2, 0) is 22.7 Å². The molecule has 0 aliphatic carbocycles. The van der Waals surface area contributed by atoms with Gasteiger partial charge in [0.05, 0.1) is 6.33 Å². The van der Waals surface area contributed by atoms with Gasteiger partial charge in [-0.1, -0.05) is 30.3 Å². The summed E-state index contributed by atoms with van der Waals surface area (Å²) in [5.74, 6) is 0.0104. The SMILES string of the molecule is CN(Cc1ccccc1)C(=O)C[C@H]1CN(C(=O)Cn2ccnc2)CC[C@@H]1Oc1ccc(F)cc1. The Bertz CT molecular complexity index is 1070. The van der Waals surface area contributed by atoms with E-state index in [1.165, 1.54) is 12.1 Å². The van der Waals surface area contributed by atoms with Crippen LogP contribution in [0.2, 0.25) is 0 Å². The number of likely N-dealkylation sites (tertiary alicyclic amines) is 1. The smallest absolute Gasteiger partial charge is 0.242 e. The Morgan fingerprint density at radius 1 is 1.15 bits per heavy atom. The van der Waals surface area contributed by atoms with Crippen molar-refractivity contribution in [3.63, 3.8) is 0 Å². The van der Waals surface area contributed by atoms with Crippen LogP contribution in [0.5, 0.6) is 5.75 Å². The van der Waals surface area contributed by atoms with Crippen molar-refractivity contribution in [2.75, 3.05) is 20.1 Å². The molecule has 0 spiro atoms. The first-order valence-electron chi connectivity index (χ1n) is 11.4. The van der Waals surface area contributed by atoms with E-state index in [-0.39, 0.29) is 42.6 Å². The lowest BCUT2D eigenvalue weighted by molar-refractivity contribution is -0.139. The molecule has 2 amide bonds. The Labute approximate surface area is 198 Å². The lowest BCUT2D eigenvalue weighted by atomic mass is 9.90. The van der Waals surface area contributed by atoms with Crippen molar-refractivity contribution in [1.82, 2.24) is 19.4 Å². The molecule has 0 N–H and O–H groups in total. The average Bonchev–Trinajstić information content (AvgIpc) is 3.35. The highest BCUT2D eigenvalue weighted by molar-refractivity contribution is 5.77. The molecule has 0 saturated carbocycles. The zero-order valence-corrected chi connectivity index (χ0v) is 19.2. The summed E-state index contributed by atoms with van der Waals surface area (Å²) in [6, 6.07) is 15.7. The topological polar surface area (TPSA) is 67.7 Å². The molecule has 1 aliphatic heterocycles. The third-order valence-corrected chi connectivity index (χ3v) is 6.12. The van der Waals surface area contributed by atoms with Crippen LogP contribution in [0.4, 0.5) is 4.39 Å². The molecule has 1 aliphatic rings. The molecule has 2 heterocycles. The Hall–Kier alpha value is -3.68. The van der Waals surface area contributed by atoms with Gasteiger partial charge in [0.15, 0.2) is 0 Å². The van der Waals surface area contributed by atoms with Crippen molar-refractivity contribution in [2.24, 2.45) is 5.92 Å². The number of rotatable bonds is 8. The predicted octanol–water partition coefficient (Wildman–Crippen LogP) is 3.37. The van der Waals surface area contributed by atoms with Crippen LogP contribution >= 0.6 is 0 Å². The van der Waals surface area contributed by atoms with E-state index in [1.54, 1.807) is 52.3 Å². The fourth-order valence-corrected chi connectivity index (χ4v) is 4.24. The molecule has 8 heteroatoms. The van der Waals surface area contributed by atoms with Crippen molar-refractivity contribution < 1.29 is 18.7 Å². The first kappa shape index (κ1) is 23.5. The van der Waals surface area contributed by atoms with E-state index < -0.39 is 0 Å². The molecule has 0 bridgehead atoms. The second-order valence-electron chi connectivity index (χ2n) is 8.67. The van der Waals surface area contributed by atoms with E-state index in [2.05, 4.69) is 4.98 Å². The second kappa shape index (κ2) is 11.0. The van der Waals surface area contributed by atoms with Crippen LogP contribution in [0, 0.1) is 11.7 Å². The third kappa shape index (κ3) is 6.21. The Kier molecular flexibility index (Phi) is 7.57. The highest BCUT2D eigenvalue weighted by Gasteiger charge is 2.35. The zero-order valence-electron chi connectivity index (χ0n) is 19.2. The first-order chi connectivity index (χ1) is 16.5. The van der Waals surface area contributed by atoms with Gasteiger partial charge in [-0.15, -0.1) is 0 Å². The Morgan fingerprint density at radius 3 is 2.62 bits per heavy atom. The first-order valence-corrected chi connectivity index (χ1v) is 11.4. The lowest BCUT2D eigenvalue weighted by Gasteiger charge is -2.39. The molecule has 1 saturated heterocycles. The maximum atomic E-state index is 13.3. The Morgan fingerprint density at radius 2 is 1.91 bits per heavy atom. The number of carbonyl (C=O) groups excluding carboxylic acids is 2. The maximum Gasteiger partial charge on any atom is 0.242 e. The van der Waals surface area contributed by atoms with Gasteiger partial charge in [-0.2, -0.15) is 0 Å². The van der Waals surface area contributed by atoms with E-state index in [0.29, 0.717) is 31.8 Å². The average molecular weight is 465 g/mol. The fourth-order valence-electron chi connectivity index (χ4n) is 4.24. The van der Waals surface area contributed by atoms with Crippen LogP contribution < -0.4 is 4.74 Å². The van der Waals surface area contributed by atoms with Gasteiger partial charge < -0.3 is 19.1 Å². The molecule has 1 fully saturated rings. The minimum Gasteiger partial charge on any atom is -0.490 e. The summed E-state index contributed by atoms with van der Waals surface area (Å²) in [6.07, 6.45) is 5.60. The van der Waals surface area contributed by atoms with Crippen molar-refractivity contribution in [3.05, 3.63) is 84.7 Å². The molecular formula is C26H29FN4O3. The normalized spacial score (nSPS) is 17.9. The van der Waals surface area contributed by atoms with Crippen molar-refractivity contribution in [2.45, 2.75) is 32.0 Å². The molecule has 34 heavy (non-hydrogen) atoms. The fraction of sp³-hybridized carbons (Fsp3) is 0.346. The molecule has 0 radical (unpaired) electrons. The number of carbonyl (C=O) groups is 2. The van der Waals surface area contributed by atoms with Crippen LogP contribution in [0.1, 0.15) is 18.4 Å². The summed E-state index contributed by atoms with van der Waals surface area (Å²) in [6.45, 7) is 1.67. The minimum absolute atomic E-state index is 0.00883. The summed E-state index contributed by atoms with van der Waals surface area (Å²) in [4.78, 5) is 33.5. The number of hydrogen-bond donors (Lipinski definition) is 0. The standard InChI is InChI=1S/C26H29FN4O3/c1-29(16-20-5-3-2-4-6-20)25(32)15-21-17-31(26(33)18-30-14-12-28-19-30)13-11-24(21)34-23-9-7-22(27)8-10-23/h2-10,12,14,19,21,24H,11,13,15-18H2,1H3/t21-,24-/m0/s1. The van der Waals surface area contributed by atoms with E-state index in [0.717, 1.165) is 5.56 Å². The number of aromatic nitrogens is 2. The highest BCUT2D eigenvalue weighted by atomic mass is 19.1. The summed E-state index contributed by atoms with van der Waals surface area (Å²) < 4.78 is 21.2. The van der Waals surface area contributed by atoms with Gasteiger partial charge in [-0.25, -0.2) is 9.37 Å². The molecule has 3 aromatic rings. The van der Waals surface area contributed by atoms with Gasteiger partial charge in [-0.3, -0.25) is 9.59 Å². The molecule has 2 atom stereocenters. The van der Waals surface area contributed by atoms with Crippen molar-refractivity contribution in [3.8, 4) is 5.75 Å².